The fourth-order valence-electron chi connectivity index (χ4n) is 3.14. The Hall–Kier alpha value is -2.04. The summed E-state index contributed by atoms with van der Waals surface area (Å²) in [7, 11) is 0. The summed E-state index contributed by atoms with van der Waals surface area (Å²) in [6.07, 6.45) is 3.19. The molecule has 2 aromatic rings. The Kier molecular flexibility index (Phi) is 7.29. The van der Waals surface area contributed by atoms with Crippen molar-refractivity contribution in [2.45, 2.75) is 31.9 Å². The number of hydrogen-bond donors (Lipinski definition) is 1. The molecule has 1 aliphatic rings. The van der Waals surface area contributed by atoms with E-state index in [0.717, 1.165) is 31.4 Å². The SMILES string of the molecule is Cl.NCC1CCCCN1C(=O)c1cccc(OCc2ccccc2)c1. The van der Waals surface area contributed by atoms with Crippen molar-refractivity contribution in [2.24, 2.45) is 5.73 Å². The van der Waals surface area contributed by atoms with E-state index < -0.39 is 0 Å². The standard InChI is InChI=1S/C20H24N2O2.ClH/c21-14-18-10-4-5-12-22(18)20(23)17-9-6-11-19(13-17)24-15-16-7-2-1-3-8-16;/h1-3,6-9,11,13,18H,4-5,10,12,14-15,21H2;1H. The van der Waals surface area contributed by atoms with Gasteiger partial charge < -0.3 is 15.4 Å². The van der Waals surface area contributed by atoms with Crippen molar-refractivity contribution in [2.75, 3.05) is 13.1 Å². The second-order valence-electron chi connectivity index (χ2n) is 6.19. The normalized spacial score (nSPS) is 16.8. The van der Waals surface area contributed by atoms with Gasteiger partial charge in [0.25, 0.3) is 5.91 Å². The highest BCUT2D eigenvalue weighted by atomic mass is 35.5. The van der Waals surface area contributed by atoms with Crippen LogP contribution in [0.2, 0.25) is 0 Å². The van der Waals surface area contributed by atoms with E-state index in [4.69, 9.17) is 10.5 Å². The second-order valence-corrected chi connectivity index (χ2v) is 6.19. The lowest BCUT2D eigenvalue weighted by atomic mass is 10.0. The van der Waals surface area contributed by atoms with Crippen molar-refractivity contribution in [3.05, 3.63) is 65.7 Å². The Morgan fingerprint density at radius 2 is 1.92 bits per heavy atom. The van der Waals surface area contributed by atoms with Gasteiger partial charge in [-0.3, -0.25) is 4.79 Å². The van der Waals surface area contributed by atoms with Crippen molar-refractivity contribution in [3.63, 3.8) is 0 Å². The van der Waals surface area contributed by atoms with Gasteiger partial charge in [0.05, 0.1) is 0 Å². The molecule has 5 heteroatoms. The maximum absolute atomic E-state index is 12.8. The predicted molar refractivity (Wildman–Crippen MR) is 102 cm³/mol. The Bertz CT molecular complexity index is 678. The third-order valence-electron chi connectivity index (χ3n) is 4.49. The lowest BCUT2D eigenvalue weighted by Crippen LogP contribution is -2.47. The molecule has 1 saturated heterocycles. The molecule has 2 N–H and O–H groups in total. The molecule has 1 amide bonds. The van der Waals surface area contributed by atoms with E-state index in [1.165, 1.54) is 0 Å². The molecule has 1 heterocycles. The lowest BCUT2D eigenvalue weighted by Gasteiger charge is -2.35. The highest BCUT2D eigenvalue weighted by Gasteiger charge is 2.26. The zero-order chi connectivity index (χ0) is 16.8. The third kappa shape index (κ3) is 4.97. The number of carbonyl (C=O) groups excluding carboxylic acids is 1. The number of nitrogens with two attached hydrogens (primary N) is 1. The summed E-state index contributed by atoms with van der Waals surface area (Å²) in [5.74, 6) is 0.765. The van der Waals surface area contributed by atoms with Crippen LogP contribution in [0.15, 0.2) is 54.6 Å². The predicted octanol–water partition coefficient (Wildman–Crippen LogP) is 3.64. The van der Waals surface area contributed by atoms with Gasteiger partial charge in [-0.15, -0.1) is 12.4 Å². The van der Waals surface area contributed by atoms with E-state index in [9.17, 15) is 4.79 Å². The van der Waals surface area contributed by atoms with Gasteiger partial charge >= 0.3 is 0 Å². The van der Waals surface area contributed by atoms with Crippen molar-refractivity contribution in [1.82, 2.24) is 4.90 Å². The average molecular weight is 361 g/mol. The molecule has 0 aliphatic carbocycles. The first-order valence-corrected chi connectivity index (χ1v) is 8.56. The quantitative estimate of drug-likeness (QED) is 0.885. The van der Waals surface area contributed by atoms with Gasteiger partial charge in [0, 0.05) is 24.7 Å². The van der Waals surface area contributed by atoms with Crippen LogP contribution in [-0.4, -0.2) is 29.9 Å². The summed E-state index contributed by atoms with van der Waals surface area (Å²) in [4.78, 5) is 14.7. The number of benzene rings is 2. The summed E-state index contributed by atoms with van der Waals surface area (Å²) in [6.45, 7) is 1.80. The van der Waals surface area contributed by atoms with Crippen LogP contribution in [0.4, 0.5) is 0 Å². The Balaban J connectivity index is 0.00000225. The van der Waals surface area contributed by atoms with Crippen molar-refractivity contribution >= 4 is 18.3 Å². The minimum Gasteiger partial charge on any atom is -0.489 e. The van der Waals surface area contributed by atoms with Crippen LogP contribution >= 0.6 is 12.4 Å². The monoisotopic (exact) mass is 360 g/mol. The molecule has 1 fully saturated rings. The zero-order valence-corrected chi connectivity index (χ0v) is 15.1. The molecule has 25 heavy (non-hydrogen) atoms. The molecular formula is C20H25ClN2O2. The number of amides is 1. The topological polar surface area (TPSA) is 55.6 Å². The van der Waals surface area contributed by atoms with Crippen molar-refractivity contribution in [1.29, 1.82) is 0 Å². The first-order chi connectivity index (χ1) is 11.8. The molecule has 0 spiro atoms. The molecule has 1 unspecified atom stereocenters. The molecule has 0 bridgehead atoms. The van der Waals surface area contributed by atoms with Crippen LogP contribution in [0.3, 0.4) is 0 Å². The molecule has 0 saturated carbocycles. The fourth-order valence-corrected chi connectivity index (χ4v) is 3.14. The van der Waals surface area contributed by atoms with Gasteiger partial charge in [-0.1, -0.05) is 36.4 Å². The highest BCUT2D eigenvalue weighted by Crippen LogP contribution is 2.21. The van der Waals surface area contributed by atoms with Crippen LogP contribution in [0.25, 0.3) is 0 Å². The summed E-state index contributed by atoms with van der Waals surface area (Å²) < 4.78 is 5.83. The van der Waals surface area contributed by atoms with Gasteiger partial charge in [0.1, 0.15) is 12.4 Å². The second kappa shape index (κ2) is 9.44. The number of ether oxygens (including phenoxy) is 1. The Morgan fingerprint density at radius 1 is 1.12 bits per heavy atom. The van der Waals surface area contributed by atoms with Gasteiger partial charge in [0.2, 0.25) is 0 Å². The third-order valence-corrected chi connectivity index (χ3v) is 4.49. The van der Waals surface area contributed by atoms with Crippen LogP contribution in [-0.2, 0) is 6.61 Å². The molecule has 2 aromatic carbocycles. The smallest absolute Gasteiger partial charge is 0.254 e. The van der Waals surface area contributed by atoms with E-state index in [1.54, 1.807) is 0 Å². The van der Waals surface area contributed by atoms with E-state index >= 15 is 0 Å². The molecule has 134 valence electrons. The minimum absolute atomic E-state index is 0. The molecular weight excluding hydrogens is 336 g/mol. The maximum atomic E-state index is 12.8. The molecule has 3 rings (SSSR count). The maximum Gasteiger partial charge on any atom is 0.254 e. The van der Waals surface area contributed by atoms with Gasteiger partial charge in [-0.2, -0.15) is 0 Å². The van der Waals surface area contributed by atoms with E-state index in [-0.39, 0.29) is 24.4 Å². The molecule has 0 radical (unpaired) electrons. The number of halogens is 1. The van der Waals surface area contributed by atoms with Gasteiger partial charge in [-0.25, -0.2) is 0 Å². The summed E-state index contributed by atoms with van der Waals surface area (Å²) >= 11 is 0. The zero-order valence-electron chi connectivity index (χ0n) is 14.3. The molecule has 1 aliphatic heterocycles. The Labute approximate surface area is 155 Å². The number of rotatable bonds is 5. The van der Waals surface area contributed by atoms with E-state index in [2.05, 4.69) is 0 Å². The lowest BCUT2D eigenvalue weighted by molar-refractivity contribution is 0.0623. The van der Waals surface area contributed by atoms with Crippen molar-refractivity contribution in [3.8, 4) is 5.75 Å². The number of likely N-dealkylation sites (tertiary alicyclic amines) is 1. The molecule has 0 aromatic heterocycles. The summed E-state index contributed by atoms with van der Waals surface area (Å²) in [6, 6.07) is 17.6. The van der Waals surface area contributed by atoms with Crippen LogP contribution in [0.5, 0.6) is 5.75 Å². The van der Waals surface area contributed by atoms with Gasteiger partial charge in [-0.05, 0) is 43.0 Å². The molecule has 4 nitrogen and oxygen atoms in total. The van der Waals surface area contributed by atoms with Crippen LogP contribution < -0.4 is 10.5 Å². The van der Waals surface area contributed by atoms with Crippen molar-refractivity contribution < 1.29 is 9.53 Å². The van der Waals surface area contributed by atoms with Crippen LogP contribution in [0.1, 0.15) is 35.2 Å². The van der Waals surface area contributed by atoms with Gasteiger partial charge in [0.15, 0.2) is 0 Å². The number of piperidine rings is 1. The van der Waals surface area contributed by atoms with E-state index in [1.807, 2.05) is 59.5 Å². The van der Waals surface area contributed by atoms with Crippen LogP contribution in [0, 0.1) is 0 Å². The Morgan fingerprint density at radius 3 is 2.68 bits per heavy atom. The molecule has 1 atom stereocenters. The number of nitrogens with zero attached hydrogens (tertiary/aromatic N) is 1. The largest absolute Gasteiger partial charge is 0.489 e. The summed E-state index contributed by atoms with van der Waals surface area (Å²) in [5.41, 5.74) is 7.61. The first-order valence-electron chi connectivity index (χ1n) is 8.56. The minimum atomic E-state index is 0. The average Bonchev–Trinajstić information content (AvgIpc) is 2.67. The fraction of sp³-hybridized carbons (Fsp3) is 0.350. The first kappa shape index (κ1) is 19.3. The summed E-state index contributed by atoms with van der Waals surface area (Å²) in [5, 5.41) is 0. The number of hydrogen-bond acceptors (Lipinski definition) is 3. The number of carbonyl (C=O) groups is 1. The highest BCUT2D eigenvalue weighted by molar-refractivity contribution is 5.94. The van der Waals surface area contributed by atoms with E-state index in [0.29, 0.717) is 24.5 Å².